The fraction of sp³-hybridized carbons (Fsp3) is 0.548. The molecule has 6 rings (SSSR count). The summed E-state index contributed by atoms with van der Waals surface area (Å²) in [7, 11) is 0. The van der Waals surface area contributed by atoms with E-state index in [1.54, 1.807) is 6.20 Å². The molecule has 1 saturated carbocycles. The van der Waals surface area contributed by atoms with Crippen LogP contribution in [0.5, 0.6) is 0 Å². The molecular formula is C31H38ClN5O4. The van der Waals surface area contributed by atoms with Gasteiger partial charge in [-0.1, -0.05) is 24.1 Å². The van der Waals surface area contributed by atoms with Crippen LogP contribution in [-0.2, 0) is 20.9 Å². The molecule has 2 saturated heterocycles. The first-order chi connectivity index (χ1) is 20.0. The van der Waals surface area contributed by atoms with E-state index >= 15 is 0 Å². The number of hydrogen-bond acceptors (Lipinski definition) is 6. The van der Waals surface area contributed by atoms with E-state index in [1.165, 1.54) is 0 Å². The molecule has 0 spiro atoms. The van der Waals surface area contributed by atoms with Crippen LogP contribution in [0.2, 0.25) is 5.02 Å². The van der Waals surface area contributed by atoms with E-state index < -0.39 is 0 Å². The SMILES string of the molecule is O=C(Nc1cc(-c2ccc3ncn(CC4CCOCC4)c3c2)c(Cl)cn1)C1CCCC(C(=O)N2CCC[C@H]2CO)C1. The van der Waals surface area contributed by atoms with E-state index in [1.807, 2.05) is 29.4 Å². The number of benzene rings is 1. The Hall–Kier alpha value is -3.01. The molecule has 3 atom stereocenters. The van der Waals surface area contributed by atoms with Gasteiger partial charge in [0.1, 0.15) is 5.82 Å². The van der Waals surface area contributed by atoms with Gasteiger partial charge in [-0.3, -0.25) is 9.59 Å². The third-order valence-corrected chi connectivity index (χ3v) is 9.40. The number of amides is 2. The average Bonchev–Trinajstić information content (AvgIpc) is 3.65. The van der Waals surface area contributed by atoms with E-state index in [9.17, 15) is 14.7 Å². The summed E-state index contributed by atoms with van der Waals surface area (Å²) in [6, 6.07) is 7.83. The van der Waals surface area contributed by atoms with Gasteiger partial charge < -0.3 is 24.6 Å². The van der Waals surface area contributed by atoms with Gasteiger partial charge in [-0.2, -0.15) is 0 Å². The number of nitrogens with zero attached hydrogens (tertiary/aromatic N) is 4. The van der Waals surface area contributed by atoms with E-state index in [0.717, 1.165) is 86.9 Å². The predicted octanol–water partition coefficient (Wildman–Crippen LogP) is 4.91. The van der Waals surface area contributed by atoms with E-state index in [-0.39, 0.29) is 36.3 Å². The smallest absolute Gasteiger partial charge is 0.228 e. The van der Waals surface area contributed by atoms with Crippen molar-refractivity contribution in [2.45, 2.75) is 64.0 Å². The van der Waals surface area contributed by atoms with Crippen LogP contribution in [0.4, 0.5) is 5.82 Å². The van der Waals surface area contributed by atoms with Gasteiger partial charge in [0, 0.05) is 49.9 Å². The Morgan fingerprint density at radius 2 is 1.88 bits per heavy atom. The Balaban J connectivity index is 1.16. The number of nitrogens with one attached hydrogen (secondary N) is 1. The maximum Gasteiger partial charge on any atom is 0.228 e. The minimum absolute atomic E-state index is 0.00182. The number of rotatable bonds is 7. The number of aliphatic hydroxyl groups excluding tert-OH is 1. The molecule has 9 nitrogen and oxygen atoms in total. The van der Waals surface area contributed by atoms with Gasteiger partial charge in [0.15, 0.2) is 0 Å². The van der Waals surface area contributed by atoms with Gasteiger partial charge in [-0.25, -0.2) is 9.97 Å². The Morgan fingerprint density at radius 3 is 2.71 bits per heavy atom. The van der Waals surface area contributed by atoms with Gasteiger partial charge in [-0.15, -0.1) is 0 Å². The molecule has 10 heteroatoms. The van der Waals surface area contributed by atoms with Crippen molar-refractivity contribution in [3.05, 3.63) is 41.8 Å². The zero-order valence-electron chi connectivity index (χ0n) is 23.3. The molecule has 4 heterocycles. The van der Waals surface area contributed by atoms with Crippen LogP contribution in [0.25, 0.3) is 22.2 Å². The first-order valence-corrected chi connectivity index (χ1v) is 15.3. The fourth-order valence-electron chi connectivity index (χ4n) is 6.74. The second-order valence-corrected chi connectivity index (χ2v) is 12.2. The van der Waals surface area contributed by atoms with Crippen LogP contribution in [-0.4, -0.2) is 68.8 Å². The Bertz CT molecular complexity index is 1400. The monoisotopic (exact) mass is 579 g/mol. The lowest BCUT2D eigenvalue weighted by Gasteiger charge is -2.32. The number of halogens is 1. The standard InChI is InChI=1S/C31H38ClN5O4/c32-26-16-33-29(35-30(39)22-3-1-4-23(13-22)31(40)37-10-2-5-24(37)18-38)15-25(26)21-6-7-27-28(14-21)36(19-34-27)17-20-8-11-41-12-9-20/h6-7,14-16,19-20,22-24,38H,1-5,8-13,17-18H2,(H,33,35,39)/t22?,23?,24-/m0/s1. The van der Waals surface area contributed by atoms with Crippen LogP contribution in [0.3, 0.4) is 0 Å². The molecule has 1 aliphatic carbocycles. The molecule has 2 amide bonds. The number of carbonyl (C=O) groups is 2. The predicted molar refractivity (Wildman–Crippen MR) is 157 cm³/mol. The number of anilines is 1. The van der Waals surface area contributed by atoms with Crippen LogP contribution >= 0.6 is 11.6 Å². The van der Waals surface area contributed by atoms with E-state index in [0.29, 0.717) is 29.7 Å². The highest BCUT2D eigenvalue weighted by molar-refractivity contribution is 6.33. The summed E-state index contributed by atoms with van der Waals surface area (Å²) >= 11 is 6.60. The summed E-state index contributed by atoms with van der Waals surface area (Å²) in [5, 5.41) is 13.1. The first kappa shape index (κ1) is 28.1. The fourth-order valence-corrected chi connectivity index (χ4v) is 6.95. The van der Waals surface area contributed by atoms with Crippen molar-refractivity contribution < 1.29 is 19.4 Å². The molecule has 3 fully saturated rings. The minimum atomic E-state index is -0.260. The highest BCUT2D eigenvalue weighted by Gasteiger charge is 2.37. The third kappa shape index (κ3) is 6.12. The molecule has 41 heavy (non-hydrogen) atoms. The molecule has 0 radical (unpaired) electrons. The summed E-state index contributed by atoms with van der Waals surface area (Å²) in [6.07, 6.45) is 10.2. The molecular weight excluding hydrogens is 542 g/mol. The summed E-state index contributed by atoms with van der Waals surface area (Å²) in [4.78, 5) is 37.3. The molecule has 0 bridgehead atoms. The normalized spacial score (nSPS) is 23.7. The van der Waals surface area contributed by atoms with Crippen LogP contribution in [0, 0.1) is 17.8 Å². The van der Waals surface area contributed by atoms with Crippen molar-refractivity contribution in [2.75, 3.05) is 31.7 Å². The van der Waals surface area contributed by atoms with E-state index in [2.05, 4.69) is 25.9 Å². The number of pyridine rings is 1. The molecule has 218 valence electrons. The largest absolute Gasteiger partial charge is 0.394 e. The summed E-state index contributed by atoms with van der Waals surface area (Å²) in [5.41, 5.74) is 3.70. The van der Waals surface area contributed by atoms with Crippen LogP contribution in [0.15, 0.2) is 36.8 Å². The number of likely N-dealkylation sites (tertiary alicyclic amines) is 1. The number of aliphatic hydroxyl groups is 1. The maximum absolute atomic E-state index is 13.3. The molecule has 2 N–H and O–H groups in total. The van der Waals surface area contributed by atoms with Crippen molar-refractivity contribution in [1.82, 2.24) is 19.4 Å². The number of aromatic nitrogens is 3. The van der Waals surface area contributed by atoms with Gasteiger partial charge in [0.25, 0.3) is 0 Å². The van der Waals surface area contributed by atoms with Gasteiger partial charge >= 0.3 is 0 Å². The molecule has 1 aromatic carbocycles. The summed E-state index contributed by atoms with van der Waals surface area (Å²) in [6.45, 7) is 3.21. The Labute approximate surface area is 245 Å². The molecule has 3 aliphatic rings. The first-order valence-electron chi connectivity index (χ1n) is 14.9. The van der Waals surface area contributed by atoms with Crippen LogP contribution < -0.4 is 5.32 Å². The van der Waals surface area contributed by atoms with Crippen molar-refractivity contribution >= 4 is 40.3 Å². The molecule has 2 unspecified atom stereocenters. The maximum atomic E-state index is 13.3. The second kappa shape index (κ2) is 12.5. The van der Waals surface area contributed by atoms with Gasteiger partial charge in [0.2, 0.25) is 11.8 Å². The number of ether oxygens (including phenoxy) is 1. The second-order valence-electron chi connectivity index (χ2n) is 11.8. The molecule has 2 aliphatic heterocycles. The Kier molecular flexibility index (Phi) is 8.55. The average molecular weight is 580 g/mol. The lowest BCUT2D eigenvalue weighted by Crippen LogP contribution is -2.43. The molecule has 3 aromatic rings. The molecule has 2 aromatic heterocycles. The van der Waals surface area contributed by atoms with Gasteiger partial charge in [-0.05, 0) is 74.6 Å². The number of imidazole rings is 1. The van der Waals surface area contributed by atoms with Gasteiger partial charge in [0.05, 0.1) is 35.0 Å². The lowest BCUT2D eigenvalue weighted by molar-refractivity contribution is -0.139. The zero-order valence-corrected chi connectivity index (χ0v) is 24.1. The zero-order chi connectivity index (χ0) is 28.3. The summed E-state index contributed by atoms with van der Waals surface area (Å²) in [5.74, 6) is 0.532. The topological polar surface area (TPSA) is 110 Å². The van der Waals surface area contributed by atoms with Crippen molar-refractivity contribution in [3.8, 4) is 11.1 Å². The van der Waals surface area contributed by atoms with Crippen molar-refractivity contribution in [1.29, 1.82) is 0 Å². The summed E-state index contributed by atoms with van der Waals surface area (Å²) < 4.78 is 7.72. The van der Waals surface area contributed by atoms with Crippen molar-refractivity contribution in [3.63, 3.8) is 0 Å². The number of carbonyl (C=O) groups excluding carboxylic acids is 2. The highest BCUT2D eigenvalue weighted by Crippen LogP contribution is 2.35. The minimum Gasteiger partial charge on any atom is -0.394 e. The van der Waals surface area contributed by atoms with Crippen LogP contribution in [0.1, 0.15) is 51.4 Å². The highest BCUT2D eigenvalue weighted by atomic mass is 35.5. The van der Waals surface area contributed by atoms with Crippen molar-refractivity contribution in [2.24, 2.45) is 17.8 Å². The number of fused-ring (bicyclic) bond motifs is 1. The quantitative estimate of drug-likeness (QED) is 0.412. The van der Waals surface area contributed by atoms with E-state index in [4.69, 9.17) is 16.3 Å². The Morgan fingerprint density at radius 1 is 1.05 bits per heavy atom. The number of hydrogen-bond donors (Lipinski definition) is 2. The lowest BCUT2D eigenvalue weighted by atomic mass is 9.80. The third-order valence-electron chi connectivity index (χ3n) is 9.10.